The van der Waals surface area contributed by atoms with Crippen molar-refractivity contribution < 1.29 is 13.7 Å². The molecule has 1 aromatic carbocycles. The molecule has 110 valence electrons. The Morgan fingerprint density at radius 3 is 2.81 bits per heavy atom. The lowest BCUT2D eigenvalue weighted by atomic mass is 9.76. The third kappa shape index (κ3) is 2.66. The zero-order valence-corrected chi connectivity index (χ0v) is 13.5. The first-order valence-corrected chi connectivity index (χ1v) is 7.66. The summed E-state index contributed by atoms with van der Waals surface area (Å²) in [4.78, 5) is 16.7. The number of halogens is 2. The smallest absolute Gasteiger partial charge is 0.253 e. The molecular weight excluding hydrogens is 388 g/mol. The number of hydrogen-bond acceptors (Lipinski definition) is 4. The Kier molecular flexibility index (Phi) is 3.68. The van der Waals surface area contributed by atoms with Crippen molar-refractivity contribution in [3.8, 4) is 0 Å². The van der Waals surface area contributed by atoms with Gasteiger partial charge >= 0.3 is 0 Å². The molecule has 0 unspecified atom stereocenters. The number of nitrogens with one attached hydrogen (secondary N) is 1. The summed E-state index contributed by atoms with van der Waals surface area (Å²) in [5.74, 6) is 0.205. The Balaban J connectivity index is 1.87. The topological polar surface area (TPSA) is 68.0 Å². The average Bonchev–Trinajstić information content (AvgIpc) is 2.83. The van der Waals surface area contributed by atoms with Gasteiger partial charge in [-0.25, -0.2) is 4.39 Å². The quantitative estimate of drug-likeness (QED) is 0.804. The van der Waals surface area contributed by atoms with Gasteiger partial charge in [-0.15, -0.1) is 0 Å². The fourth-order valence-corrected chi connectivity index (χ4v) is 2.97. The van der Waals surface area contributed by atoms with Gasteiger partial charge < -0.3 is 9.84 Å². The average molecular weight is 401 g/mol. The predicted octanol–water partition coefficient (Wildman–Crippen LogP) is 2.93. The minimum absolute atomic E-state index is 0.318. The Morgan fingerprint density at radius 2 is 2.24 bits per heavy atom. The van der Waals surface area contributed by atoms with E-state index in [0.29, 0.717) is 20.8 Å². The minimum atomic E-state index is -0.593. The number of carbonyl (C=O) groups excluding carboxylic acids is 1. The van der Waals surface area contributed by atoms with Gasteiger partial charge in [-0.1, -0.05) is 5.16 Å². The van der Waals surface area contributed by atoms with Crippen LogP contribution in [-0.4, -0.2) is 16.0 Å². The molecular formula is C14H13FIN3O2. The van der Waals surface area contributed by atoms with E-state index < -0.39 is 11.4 Å². The van der Waals surface area contributed by atoms with Gasteiger partial charge in [0.05, 0.1) is 5.56 Å². The van der Waals surface area contributed by atoms with Crippen LogP contribution in [0.4, 0.5) is 4.39 Å². The second kappa shape index (κ2) is 5.36. The van der Waals surface area contributed by atoms with Gasteiger partial charge in [0.15, 0.2) is 5.82 Å². The molecule has 21 heavy (non-hydrogen) atoms. The van der Waals surface area contributed by atoms with E-state index in [0.717, 1.165) is 19.3 Å². The molecule has 0 atom stereocenters. The van der Waals surface area contributed by atoms with E-state index in [2.05, 4.69) is 15.5 Å². The van der Waals surface area contributed by atoms with Crippen molar-refractivity contribution >= 4 is 28.5 Å². The van der Waals surface area contributed by atoms with Crippen LogP contribution >= 0.6 is 22.6 Å². The largest absolute Gasteiger partial charge is 0.340 e. The van der Waals surface area contributed by atoms with Crippen molar-refractivity contribution in [2.24, 2.45) is 0 Å². The molecule has 0 aliphatic heterocycles. The summed E-state index contributed by atoms with van der Waals surface area (Å²) in [5, 5.41) is 6.87. The Morgan fingerprint density at radius 1 is 1.48 bits per heavy atom. The fourth-order valence-electron chi connectivity index (χ4n) is 2.38. The van der Waals surface area contributed by atoms with Gasteiger partial charge in [0.1, 0.15) is 11.4 Å². The second-order valence-electron chi connectivity index (χ2n) is 5.15. The lowest BCUT2D eigenvalue weighted by Gasteiger charge is -2.39. The van der Waals surface area contributed by atoms with E-state index in [9.17, 15) is 9.18 Å². The number of aryl methyl sites for hydroxylation is 1. The van der Waals surface area contributed by atoms with Gasteiger partial charge in [0.2, 0.25) is 5.89 Å². The molecule has 1 saturated carbocycles. The fraction of sp³-hybridized carbons (Fsp3) is 0.357. The Bertz CT molecular complexity index is 697. The van der Waals surface area contributed by atoms with E-state index in [-0.39, 0.29) is 5.91 Å². The molecule has 1 N–H and O–H groups in total. The molecule has 1 aliphatic carbocycles. The van der Waals surface area contributed by atoms with Crippen molar-refractivity contribution in [1.29, 1.82) is 0 Å². The molecule has 1 fully saturated rings. The Hall–Kier alpha value is -1.51. The monoisotopic (exact) mass is 401 g/mol. The van der Waals surface area contributed by atoms with Crippen molar-refractivity contribution in [1.82, 2.24) is 15.5 Å². The molecule has 0 spiro atoms. The van der Waals surface area contributed by atoms with E-state index in [1.807, 2.05) is 22.6 Å². The first-order chi connectivity index (χ1) is 10.00. The molecule has 0 radical (unpaired) electrons. The van der Waals surface area contributed by atoms with Gasteiger partial charge in [-0.05, 0) is 60.1 Å². The molecule has 0 saturated heterocycles. The summed E-state index contributed by atoms with van der Waals surface area (Å²) in [6.45, 7) is 1.71. The highest BCUT2D eigenvalue weighted by Crippen LogP contribution is 2.40. The first-order valence-electron chi connectivity index (χ1n) is 6.58. The van der Waals surface area contributed by atoms with Crippen LogP contribution < -0.4 is 5.32 Å². The van der Waals surface area contributed by atoms with E-state index >= 15 is 0 Å². The summed E-state index contributed by atoms with van der Waals surface area (Å²) in [7, 11) is 0. The number of benzene rings is 1. The number of hydrogen-bond donors (Lipinski definition) is 1. The van der Waals surface area contributed by atoms with Crippen molar-refractivity contribution in [3.63, 3.8) is 0 Å². The Labute approximate surface area is 134 Å². The van der Waals surface area contributed by atoms with Gasteiger partial charge in [0.25, 0.3) is 5.91 Å². The molecule has 3 rings (SSSR count). The predicted molar refractivity (Wildman–Crippen MR) is 81.1 cm³/mol. The third-order valence-electron chi connectivity index (χ3n) is 3.69. The van der Waals surface area contributed by atoms with Crippen molar-refractivity contribution in [3.05, 3.63) is 44.9 Å². The van der Waals surface area contributed by atoms with Gasteiger partial charge in [0, 0.05) is 10.5 Å². The molecule has 1 aliphatic rings. The number of rotatable bonds is 3. The highest BCUT2D eigenvalue weighted by atomic mass is 127. The maximum absolute atomic E-state index is 13.3. The maximum Gasteiger partial charge on any atom is 0.253 e. The number of carbonyl (C=O) groups is 1. The van der Waals surface area contributed by atoms with Crippen molar-refractivity contribution in [2.45, 2.75) is 31.7 Å². The molecule has 0 bridgehead atoms. The van der Waals surface area contributed by atoms with Crippen LogP contribution in [0, 0.1) is 16.3 Å². The van der Waals surface area contributed by atoms with Gasteiger partial charge in [-0.3, -0.25) is 4.79 Å². The first kappa shape index (κ1) is 14.4. The summed E-state index contributed by atoms with van der Waals surface area (Å²) in [6, 6.07) is 4.15. The summed E-state index contributed by atoms with van der Waals surface area (Å²) in [5.41, 5.74) is -0.272. The zero-order valence-electron chi connectivity index (χ0n) is 11.3. The molecule has 1 aromatic heterocycles. The molecule has 1 amide bonds. The van der Waals surface area contributed by atoms with Crippen LogP contribution in [0.25, 0.3) is 0 Å². The molecule has 1 heterocycles. The van der Waals surface area contributed by atoms with Crippen molar-refractivity contribution in [2.75, 3.05) is 0 Å². The second-order valence-corrected chi connectivity index (χ2v) is 6.31. The van der Waals surface area contributed by atoms with Gasteiger partial charge in [-0.2, -0.15) is 4.98 Å². The van der Waals surface area contributed by atoms with Crippen LogP contribution in [0.5, 0.6) is 0 Å². The third-order valence-corrected chi connectivity index (χ3v) is 4.63. The number of amides is 1. The summed E-state index contributed by atoms with van der Waals surface area (Å²) >= 11 is 2.02. The zero-order chi connectivity index (χ0) is 15.0. The number of nitrogens with zero attached hydrogens (tertiary/aromatic N) is 2. The molecule has 2 aromatic rings. The SMILES string of the molecule is Cc1nc(C2(NC(=O)c3cc(F)ccc3I)CCC2)no1. The van der Waals surface area contributed by atoms with Crippen LogP contribution in [0.3, 0.4) is 0 Å². The lowest BCUT2D eigenvalue weighted by molar-refractivity contribution is 0.0803. The van der Waals surface area contributed by atoms with E-state index in [4.69, 9.17) is 4.52 Å². The number of aromatic nitrogens is 2. The summed E-state index contributed by atoms with van der Waals surface area (Å²) in [6.07, 6.45) is 2.49. The van der Waals surface area contributed by atoms with E-state index in [1.165, 1.54) is 12.1 Å². The normalized spacial score (nSPS) is 16.3. The lowest BCUT2D eigenvalue weighted by Crippen LogP contribution is -2.51. The molecule has 7 heteroatoms. The standard InChI is InChI=1S/C14H13FIN3O2/c1-8-17-13(19-21-8)14(5-2-6-14)18-12(20)10-7-9(15)3-4-11(10)16/h3-4,7H,2,5-6H2,1H3,(H,18,20). The van der Waals surface area contributed by atoms with E-state index in [1.54, 1.807) is 13.0 Å². The maximum atomic E-state index is 13.3. The van der Waals surface area contributed by atoms with Crippen LogP contribution in [-0.2, 0) is 5.54 Å². The van der Waals surface area contributed by atoms with Crippen LogP contribution in [0.2, 0.25) is 0 Å². The highest BCUT2D eigenvalue weighted by molar-refractivity contribution is 14.1. The summed E-state index contributed by atoms with van der Waals surface area (Å²) < 4.78 is 19.0. The minimum Gasteiger partial charge on any atom is -0.340 e. The molecule has 5 nitrogen and oxygen atoms in total. The highest BCUT2D eigenvalue weighted by Gasteiger charge is 2.44. The van der Waals surface area contributed by atoms with Crippen LogP contribution in [0.15, 0.2) is 22.7 Å². The van der Waals surface area contributed by atoms with Crippen LogP contribution in [0.1, 0.15) is 41.3 Å².